The van der Waals surface area contributed by atoms with Crippen LogP contribution in [0.4, 0.5) is 4.39 Å². The zero-order chi connectivity index (χ0) is 12.5. The number of rotatable bonds is 6. The van der Waals surface area contributed by atoms with E-state index in [0.29, 0.717) is 18.9 Å². The van der Waals surface area contributed by atoms with Crippen molar-refractivity contribution >= 4 is 5.91 Å². The van der Waals surface area contributed by atoms with Crippen LogP contribution in [0, 0.1) is 5.82 Å². The minimum Gasteiger partial charge on any atom is -0.492 e. The van der Waals surface area contributed by atoms with E-state index in [-0.39, 0.29) is 11.7 Å². The van der Waals surface area contributed by atoms with E-state index in [1.165, 1.54) is 18.2 Å². The molecule has 0 saturated carbocycles. The standard InChI is InChI=1S/C13H16FNO2/c1-2-3-7-13(16)15-8-9-17-12-6-4-5-11(14)10-12/h3-7,10H,2,8-9H2,1H3,(H,15,16)/b7-3+. The highest BCUT2D eigenvalue weighted by Gasteiger charge is 1.97. The van der Waals surface area contributed by atoms with Crippen LogP contribution in [-0.2, 0) is 4.79 Å². The topological polar surface area (TPSA) is 38.3 Å². The third kappa shape index (κ3) is 5.70. The van der Waals surface area contributed by atoms with E-state index in [2.05, 4.69) is 5.32 Å². The summed E-state index contributed by atoms with van der Waals surface area (Å²) in [6.45, 7) is 2.66. The molecule has 4 heteroatoms. The molecular weight excluding hydrogens is 221 g/mol. The molecule has 0 radical (unpaired) electrons. The van der Waals surface area contributed by atoms with Crippen molar-refractivity contribution in [2.75, 3.05) is 13.2 Å². The smallest absolute Gasteiger partial charge is 0.243 e. The van der Waals surface area contributed by atoms with Crippen molar-refractivity contribution in [3.63, 3.8) is 0 Å². The van der Waals surface area contributed by atoms with Gasteiger partial charge >= 0.3 is 0 Å². The molecule has 0 aromatic heterocycles. The minimum absolute atomic E-state index is 0.144. The second-order valence-corrected chi connectivity index (χ2v) is 3.41. The number of halogens is 1. The Hall–Kier alpha value is -1.84. The Morgan fingerprint density at radius 2 is 2.35 bits per heavy atom. The van der Waals surface area contributed by atoms with Crippen molar-refractivity contribution in [3.05, 3.63) is 42.2 Å². The molecule has 0 spiro atoms. The van der Waals surface area contributed by atoms with Gasteiger partial charge in [-0.1, -0.05) is 19.1 Å². The fourth-order valence-corrected chi connectivity index (χ4v) is 1.18. The van der Waals surface area contributed by atoms with Crippen molar-refractivity contribution in [1.82, 2.24) is 5.32 Å². The Morgan fingerprint density at radius 1 is 1.53 bits per heavy atom. The van der Waals surface area contributed by atoms with E-state index in [0.717, 1.165) is 6.42 Å². The van der Waals surface area contributed by atoms with Gasteiger partial charge in [0.25, 0.3) is 0 Å². The van der Waals surface area contributed by atoms with Crippen LogP contribution in [0.1, 0.15) is 13.3 Å². The van der Waals surface area contributed by atoms with Crippen LogP contribution in [-0.4, -0.2) is 19.1 Å². The van der Waals surface area contributed by atoms with Gasteiger partial charge in [-0.3, -0.25) is 4.79 Å². The number of carbonyl (C=O) groups is 1. The van der Waals surface area contributed by atoms with Gasteiger partial charge < -0.3 is 10.1 Å². The average molecular weight is 237 g/mol. The summed E-state index contributed by atoms with van der Waals surface area (Å²) in [5, 5.41) is 2.66. The van der Waals surface area contributed by atoms with E-state index in [1.54, 1.807) is 18.2 Å². The number of allylic oxidation sites excluding steroid dienone is 1. The first-order valence-electron chi connectivity index (χ1n) is 5.55. The molecule has 1 aromatic rings. The summed E-state index contributed by atoms with van der Waals surface area (Å²) in [5.74, 6) is -0.0181. The van der Waals surface area contributed by atoms with Crippen LogP contribution < -0.4 is 10.1 Å². The third-order valence-electron chi connectivity index (χ3n) is 1.97. The molecule has 0 aliphatic rings. The fourth-order valence-electron chi connectivity index (χ4n) is 1.18. The summed E-state index contributed by atoms with van der Waals surface area (Å²) in [6, 6.07) is 5.90. The zero-order valence-electron chi connectivity index (χ0n) is 9.78. The highest BCUT2D eigenvalue weighted by molar-refractivity contribution is 5.87. The Morgan fingerprint density at radius 3 is 3.06 bits per heavy atom. The Kier molecular flexibility index (Phi) is 5.79. The second kappa shape index (κ2) is 7.44. The lowest BCUT2D eigenvalue weighted by Crippen LogP contribution is -2.26. The second-order valence-electron chi connectivity index (χ2n) is 3.41. The van der Waals surface area contributed by atoms with E-state index in [1.807, 2.05) is 6.92 Å². The van der Waals surface area contributed by atoms with E-state index >= 15 is 0 Å². The average Bonchev–Trinajstić information content (AvgIpc) is 2.32. The van der Waals surface area contributed by atoms with Gasteiger partial charge in [-0.15, -0.1) is 0 Å². The number of carbonyl (C=O) groups excluding carboxylic acids is 1. The molecule has 0 fully saturated rings. The summed E-state index contributed by atoms with van der Waals surface area (Å²) in [7, 11) is 0. The van der Waals surface area contributed by atoms with Gasteiger partial charge in [0.15, 0.2) is 0 Å². The van der Waals surface area contributed by atoms with Gasteiger partial charge in [-0.2, -0.15) is 0 Å². The summed E-state index contributed by atoms with van der Waals surface area (Å²) in [6.07, 6.45) is 4.10. The van der Waals surface area contributed by atoms with E-state index in [9.17, 15) is 9.18 Å². The van der Waals surface area contributed by atoms with Crippen LogP contribution in [0.15, 0.2) is 36.4 Å². The Bertz CT molecular complexity index is 391. The summed E-state index contributed by atoms with van der Waals surface area (Å²) >= 11 is 0. The molecule has 1 aromatic carbocycles. The van der Waals surface area contributed by atoms with Gasteiger partial charge in [0.05, 0.1) is 6.54 Å². The van der Waals surface area contributed by atoms with E-state index in [4.69, 9.17) is 4.74 Å². The van der Waals surface area contributed by atoms with Gasteiger partial charge in [-0.25, -0.2) is 4.39 Å². The summed E-state index contributed by atoms with van der Waals surface area (Å²) in [5.41, 5.74) is 0. The highest BCUT2D eigenvalue weighted by Crippen LogP contribution is 2.11. The molecule has 1 amide bonds. The Labute approximate surface area is 100 Å². The summed E-state index contributed by atoms with van der Waals surface area (Å²) < 4.78 is 18.0. The number of ether oxygens (including phenoxy) is 1. The predicted molar refractivity (Wildman–Crippen MR) is 64.3 cm³/mol. The maximum Gasteiger partial charge on any atom is 0.243 e. The normalized spacial score (nSPS) is 10.5. The lowest BCUT2D eigenvalue weighted by atomic mass is 10.3. The molecule has 1 rings (SSSR count). The maximum absolute atomic E-state index is 12.8. The fraction of sp³-hybridized carbons (Fsp3) is 0.308. The van der Waals surface area contributed by atoms with Crippen molar-refractivity contribution in [2.45, 2.75) is 13.3 Å². The first kappa shape index (κ1) is 13.2. The van der Waals surface area contributed by atoms with Crippen LogP contribution in [0.5, 0.6) is 5.75 Å². The molecule has 1 N–H and O–H groups in total. The van der Waals surface area contributed by atoms with Crippen LogP contribution in [0.3, 0.4) is 0 Å². The molecule has 0 atom stereocenters. The lowest BCUT2D eigenvalue weighted by molar-refractivity contribution is -0.116. The quantitative estimate of drug-likeness (QED) is 0.609. The molecule has 3 nitrogen and oxygen atoms in total. The lowest BCUT2D eigenvalue weighted by Gasteiger charge is -2.06. The third-order valence-corrected chi connectivity index (χ3v) is 1.97. The number of benzene rings is 1. The first-order valence-corrected chi connectivity index (χ1v) is 5.55. The number of nitrogens with one attached hydrogen (secondary N) is 1. The zero-order valence-corrected chi connectivity index (χ0v) is 9.78. The first-order chi connectivity index (χ1) is 8.22. The molecule has 0 unspecified atom stereocenters. The molecule has 0 saturated heterocycles. The van der Waals surface area contributed by atoms with Crippen molar-refractivity contribution < 1.29 is 13.9 Å². The van der Waals surface area contributed by atoms with Gasteiger partial charge in [0, 0.05) is 6.07 Å². The minimum atomic E-state index is -0.336. The molecular formula is C13H16FNO2. The largest absolute Gasteiger partial charge is 0.492 e. The van der Waals surface area contributed by atoms with Gasteiger partial charge in [0.2, 0.25) is 5.91 Å². The molecule has 0 heterocycles. The van der Waals surface area contributed by atoms with Crippen molar-refractivity contribution in [1.29, 1.82) is 0 Å². The molecule has 0 aliphatic carbocycles. The summed E-state index contributed by atoms with van der Waals surface area (Å²) in [4.78, 5) is 11.2. The molecule has 0 aliphatic heterocycles. The molecule has 17 heavy (non-hydrogen) atoms. The Balaban J connectivity index is 2.20. The number of amides is 1. The predicted octanol–water partition coefficient (Wildman–Crippen LogP) is 2.29. The maximum atomic E-state index is 12.8. The van der Waals surface area contributed by atoms with Gasteiger partial charge in [0.1, 0.15) is 18.2 Å². The van der Waals surface area contributed by atoms with Crippen LogP contribution in [0.2, 0.25) is 0 Å². The van der Waals surface area contributed by atoms with E-state index < -0.39 is 0 Å². The van der Waals surface area contributed by atoms with Crippen LogP contribution in [0.25, 0.3) is 0 Å². The van der Waals surface area contributed by atoms with Crippen molar-refractivity contribution in [3.8, 4) is 5.75 Å². The SMILES string of the molecule is CC/C=C/C(=O)NCCOc1cccc(F)c1. The monoisotopic (exact) mass is 237 g/mol. The van der Waals surface area contributed by atoms with Gasteiger partial charge in [-0.05, 0) is 24.6 Å². The number of hydrogen-bond donors (Lipinski definition) is 1. The number of hydrogen-bond acceptors (Lipinski definition) is 2. The molecule has 0 bridgehead atoms. The highest BCUT2D eigenvalue weighted by atomic mass is 19.1. The van der Waals surface area contributed by atoms with Crippen LogP contribution >= 0.6 is 0 Å². The molecule has 92 valence electrons. The van der Waals surface area contributed by atoms with Crippen molar-refractivity contribution in [2.24, 2.45) is 0 Å².